The number of rotatable bonds is 5. The maximum atomic E-state index is 12.4. The molecular formula is C14H21N5O2. The number of carbonyl (C=O) groups excluding carboxylic acids is 2. The van der Waals surface area contributed by atoms with E-state index >= 15 is 0 Å². The molecule has 7 heteroatoms. The van der Waals surface area contributed by atoms with Gasteiger partial charge < -0.3 is 9.80 Å². The minimum Gasteiger partial charge on any atom is -0.342 e. The van der Waals surface area contributed by atoms with Crippen LogP contribution in [0.1, 0.15) is 30.9 Å². The van der Waals surface area contributed by atoms with Crippen molar-refractivity contribution in [2.75, 3.05) is 20.1 Å². The van der Waals surface area contributed by atoms with Crippen molar-refractivity contribution in [3.05, 3.63) is 11.6 Å². The number of hydrogen-bond donors (Lipinski definition) is 1. The number of aryl methyl sites for hydroxylation is 1. The van der Waals surface area contributed by atoms with Gasteiger partial charge in [-0.2, -0.15) is 5.10 Å². The standard InChI is InChI=1S/C14H21N5O2/c1-9-15-12(17-16-9)8-18(2)14(21)11-5-13(20)19(7-11)6-10-3-4-10/h10-11H,3-8H2,1-2H3,(H,15,16,17). The molecule has 2 heterocycles. The summed E-state index contributed by atoms with van der Waals surface area (Å²) in [6.07, 6.45) is 2.77. The van der Waals surface area contributed by atoms with Crippen molar-refractivity contribution >= 4 is 11.8 Å². The second kappa shape index (κ2) is 5.46. The van der Waals surface area contributed by atoms with Crippen molar-refractivity contribution in [3.8, 4) is 0 Å². The fourth-order valence-electron chi connectivity index (χ4n) is 2.79. The molecule has 0 spiro atoms. The van der Waals surface area contributed by atoms with Gasteiger partial charge >= 0.3 is 0 Å². The Morgan fingerprint density at radius 3 is 2.86 bits per heavy atom. The summed E-state index contributed by atoms with van der Waals surface area (Å²) in [6, 6.07) is 0. The van der Waals surface area contributed by atoms with Gasteiger partial charge in [-0.25, -0.2) is 4.98 Å². The first-order valence-electron chi connectivity index (χ1n) is 7.43. The van der Waals surface area contributed by atoms with E-state index in [2.05, 4.69) is 15.2 Å². The van der Waals surface area contributed by atoms with E-state index < -0.39 is 0 Å². The maximum absolute atomic E-state index is 12.4. The number of carbonyl (C=O) groups is 2. The third kappa shape index (κ3) is 3.22. The molecule has 21 heavy (non-hydrogen) atoms. The third-order valence-corrected chi connectivity index (χ3v) is 4.14. The van der Waals surface area contributed by atoms with Crippen LogP contribution in [0.3, 0.4) is 0 Å². The zero-order chi connectivity index (χ0) is 15.0. The van der Waals surface area contributed by atoms with Crippen LogP contribution in [-0.2, 0) is 16.1 Å². The molecule has 0 radical (unpaired) electrons. The van der Waals surface area contributed by atoms with Crippen molar-refractivity contribution in [2.24, 2.45) is 11.8 Å². The van der Waals surface area contributed by atoms with E-state index in [9.17, 15) is 9.59 Å². The highest BCUT2D eigenvalue weighted by molar-refractivity contribution is 5.89. The summed E-state index contributed by atoms with van der Waals surface area (Å²) in [4.78, 5) is 32.1. The van der Waals surface area contributed by atoms with Crippen LogP contribution in [0.25, 0.3) is 0 Å². The first kappa shape index (κ1) is 14.0. The molecule has 0 aromatic carbocycles. The van der Waals surface area contributed by atoms with E-state index in [4.69, 9.17) is 0 Å². The van der Waals surface area contributed by atoms with Crippen LogP contribution in [-0.4, -0.2) is 56.9 Å². The Kier molecular flexibility index (Phi) is 3.65. The topological polar surface area (TPSA) is 82.2 Å². The first-order chi connectivity index (χ1) is 10.0. The normalized spacial score (nSPS) is 21.9. The van der Waals surface area contributed by atoms with Crippen molar-refractivity contribution in [1.29, 1.82) is 0 Å². The molecule has 1 unspecified atom stereocenters. The van der Waals surface area contributed by atoms with E-state index in [0.717, 1.165) is 12.4 Å². The highest BCUT2D eigenvalue weighted by Crippen LogP contribution is 2.32. The summed E-state index contributed by atoms with van der Waals surface area (Å²) in [6.45, 7) is 3.58. The van der Waals surface area contributed by atoms with Gasteiger partial charge in [0.1, 0.15) is 5.82 Å². The number of hydrogen-bond acceptors (Lipinski definition) is 4. The third-order valence-electron chi connectivity index (χ3n) is 4.14. The molecule has 114 valence electrons. The number of H-pyrrole nitrogens is 1. The maximum Gasteiger partial charge on any atom is 0.228 e. The Morgan fingerprint density at radius 1 is 1.48 bits per heavy atom. The lowest BCUT2D eigenvalue weighted by molar-refractivity contribution is -0.135. The van der Waals surface area contributed by atoms with E-state index in [0.29, 0.717) is 31.3 Å². The van der Waals surface area contributed by atoms with E-state index in [1.165, 1.54) is 12.8 Å². The van der Waals surface area contributed by atoms with E-state index in [1.807, 2.05) is 11.8 Å². The van der Waals surface area contributed by atoms with Crippen LogP contribution >= 0.6 is 0 Å². The lowest BCUT2D eigenvalue weighted by Crippen LogP contribution is -2.35. The molecule has 2 aliphatic rings. The number of likely N-dealkylation sites (tertiary alicyclic amines) is 1. The van der Waals surface area contributed by atoms with Crippen LogP contribution in [0, 0.1) is 18.8 Å². The fourth-order valence-corrected chi connectivity index (χ4v) is 2.79. The fraction of sp³-hybridized carbons (Fsp3) is 0.714. The molecule has 2 fully saturated rings. The lowest BCUT2D eigenvalue weighted by atomic mass is 10.1. The van der Waals surface area contributed by atoms with Crippen LogP contribution < -0.4 is 0 Å². The summed E-state index contributed by atoms with van der Waals surface area (Å²) in [5, 5.41) is 6.80. The monoisotopic (exact) mass is 291 g/mol. The zero-order valence-corrected chi connectivity index (χ0v) is 12.5. The Bertz CT molecular complexity index is 551. The summed E-state index contributed by atoms with van der Waals surface area (Å²) in [5.74, 6) is 1.89. The predicted molar refractivity (Wildman–Crippen MR) is 75.0 cm³/mol. The molecule has 1 atom stereocenters. The average molecular weight is 291 g/mol. The molecule has 1 aromatic rings. The highest BCUT2D eigenvalue weighted by atomic mass is 16.2. The predicted octanol–water partition coefficient (Wildman–Crippen LogP) is 0.330. The molecule has 0 bridgehead atoms. The SMILES string of the molecule is Cc1nc(CN(C)C(=O)C2CC(=O)N(CC3CC3)C2)n[nH]1. The molecule has 1 saturated heterocycles. The van der Waals surface area contributed by atoms with Gasteiger partial charge in [-0.1, -0.05) is 0 Å². The molecule has 7 nitrogen and oxygen atoms in total. The zero-order valence-electron chi connectivity index (χ0n) is 12.5. The smallest absolute Gasteiger partial charge is 0.228 e. The van der Waals surface area contributed by atoms with Gasteiger partial charge in [0.25, 0.3) is 0 Å². The second-order valence-corrected chi connectivity index (χ2v) is 6.17. The molecule has 1 N–H and O–H groups in total. The second-order valence-electron chi connectivity index (χ2n) is 6.17. The molecular weight excluding hydrogens is 270 g/mol. The van der Waals surface area contributed by atoms with Crippen LogP contribution in [0.2, 0.25) is 0 Å². The van der Waals surface area contributed by atoms with Crippen LogP contribution in [0.15, 0.2) is 0 Å². The average Bonchev–Trinajstić information content (AvgIpc) is 3.06. The highest BCUT2D eigenvalue weighted by Gasteiger charge is 2.38. The molecule has 1 saturated carbocycles. The Labute approximate surface area is 123 Å². The Morgan fingerprint density at radius 2 is 2.24 bits per heavy atom. The summed E-state index contributed by atoms with van der Waals surface area (Å²) < 4.78 is 0. The summed E-state index contributed by atoms with van der Waals surface area (Å²) in [5.41, 5.74) is 0. The van der Waals surface area contributed by atoms with Crippen LogP contribution in [0.4, 0.5) is 0 Å². The molecule has 2 amide bonds. The number of aromatic nitrogens is 3. The van der Waals surface area contributed by atoms with Gasteiger partial charge in [0.15, 0.2) is 5.82 Å². The van der Waals surface area contributed by atoms with Crippen molar-refractivity contribution in [1.82, 2.24) is 25.0 Å². The van der Waals surface area contributed by atoms with Gasteiger partial charge in [-0.05, 0) is 25.7 Å². The summed E-state index contributed by atoms with van der Waals surface area (Å²) >= 11 is 0. The molecule has 1 aliphatic carbocycles. The molecule has 3 rings (SSSR count). The largest absolute Gasteiger partial charge is 0.342 e. The van der Waals surface area contributed by atoms with Crippen molar-refractivity contribution in [2.45, 2.75) is 32.7 Å². The Hall–Kier alpha value is -1.92. The number of nitrogens with one attached hydrogen (secondary N) is 1. The molecule has 1 aromatic heterocycles. The van der Waals surface area contributed by atoms with Crippen molar-refractivity contribution in [3.63, 3.8) is 0 Å². The van der Waals surface area contributed by atoms with Gasteiger partial charge in [0.2, 0.25) is 11.8 Å². The number of amides is 2. The van der Waals surface area contributed by atoms with Gasteiger partial charge in [-0.15, -0.1) is 0 Å². The van der Waals surface area contributed by atoms with Gasteiger partial charge in [0.05, 0.1) is 12.5 Å². The molecule has 1 aliphatic heterocycles. The Balaban J connectivity index is 1.55. The quantitative estimate of drug-likeness (QED) is 0.847. The number of nitrogens with zero attached hydrogens (tertiary/aromatic N) is 4. The van der Waals surface area contributed by atoms with E-state index in [1.54, 1.807) is 11.9 Å². The lowest BCUT2D eigenvalue weighted by Gasteiger charge is -2.20. The van der Waals surface area contributed by atoms with Gasteiger partial charge in [0, 0.05) is 26.6 Å². The minimum atomic E-state index is -0.221. The van der Waals surface area contributed by atoms with Gasteiger partial charge in [-0.3, -0.25) is 14.7 Å². The van der Waals surface area contributed by atoms with E-state index in [-0.39, 0.29) is 17.7 Å². The number of aromatic amines is 1. The first-order valence-corrected chi connectivity index (χ1v) is 7.43. The summed E-state index contributed by atoms with van der Waals surface area (Å²) in [7, 11) is 1.74. The minimum absolute atomic E-state index is 0.00380. The van der Waals surface area contributed by atoms with Crippen LogP contribution in [0.5, 0.6) is 0 Å². The van der Waals surface area contributed by atoms with Crippen molar-refractivity contribution < 1.29 is 9.59 Å².